The van der Waals surface area contributed by atoms with Gasteiger partial charge in [0.25, 0.3) is 0 Å². The van der Waals surface area contributed by atoms with E-state index in [2.05, 4.69) is 15.0 Å². The minimum Gasteiger partial charge on any atom is -0.491 e. The number of ether oxygens (including phenoxy) is 3. The summed E-state index contributed by atoms with van der Waals surface area (Å²) in [7, 11) is 0. The van der Waals surface area contributed by atoms with Crippen LogP contribution in [-0.4, -0.2) is 54.8 Å². The van der Waals surface area contributed by atoms with Crippen molar-refractivity contribution >= 4 is 0 Å². The predicted octanol–water partition coefficient (Wildman–Crippen LogP) is 0.788. The zero-order chi connectivity index (χ0) is 16.0. The van der Waals surface area contributed by atoms with Crippen molar-refractivity contribution in [3.05, 3.63) is 34.0 Å². The van der Waals surface area contributed by atoms with E-state index >= 15 is 0 Å². The second-order valence-corrected chi connectivity index (χ2v) is 4.13. The monoisotopic (exact) mass is 312 g/mol. The molecule has 0 aliphatic heterocycles. The zero-order valence-corrected chi connectivity index (χ0v) is 12.2. The Kier molecular flexibility index (Phi) is 9.67. The summed E-state index contributed by atoms with van der Waals surface area (Å²) in [6.45, 7) is 1.79. The van der Waals surface area contributed by atoms with Crippen molar-refractivity contribution in [3.8, 4) is 5.75 Å². The van der Waals surface area contributed by atoms with Gasteiger partial charge >= 0.3 is 0 Å². The summed E-state index contributed by atoms with van der Waals surface area (Å²) < 4.78 is 15.9. The largest absolute Gasteiger partial charge is 0.491 e. The van der Waals surface area contributed by atoms with Crippen LogP contribution in [0.3, 0.4) is 0 Å². The molecular weight excluding hydrogens is 292 g/mol. The SMILES string of the molecule is [N-]=[N+]=NCCOCCOCCOc1cc(CO)nc(CO)c1. The number of rotatable bonds is 12. The first kappa shape index (κ1) is 18.1. The first-order valence-electron chi connectivity index (χ1n) is 6.81. The number of hydrogen-bond donors (Lipinski definition) is 2. The third kappa shape index (κ3) is 7.77. The Labute approximate surface area is 128 Å². The van der Waals surface area contributed by atoms with E-state index in [1.807, 2.05) is 0 Å². The third-order valence-corrected chi connectivity index (χ3v) is 2.50. The molecule has 0 aliphatic rings. The van der Waals surface area contributed by atoms with Gasteiger partial charge in [-0.2, -0.15) is 0 Å². The van der Waals surface area contributed by atoms with Crippen molar-refractivity contribution in [3.63, 3.8) is 0 Å². The van der Waals surface area contributed by atoms with Crippen molar-refractivity contribution in [1.29, 1.82) is 0 Å². The van der Waals surface area contributed by atoms with Gasteiger partial charge in [0.2, 0.25) is 0 Å². The predicted molar refractivity (Wildman–Crippen MR) is 77.2 cm³/mol. The van der Waals surface area contributed by atoms with E-state index < -0.39 is 0 Å². The maximum absolute atomic E-state index is 9.06. The fourth-order valence-electron chi connectivity index (χ4n) is 1.55. The lowest BCUT2D eigenvalue weighted by Gasteiger charge is -2.09. The van der Waals surface area contributed by atoms with Crippen molar-refractivity contribution in [2.75, 3.05) is 39.6 Å². The van der Waals surface area contributed by atoms with E-state index in [0.717, 1.165) is 0 Å². The maximum Gasteiger partial charge on any atom is 0.123 e. The molecule has 1 aromatic rings. The van der Waals surface area contributed by atoms with Gasteiger partial charge in [-0.3, -0.25) is 4.98 Å². The standard InChI is InChI=1S/C13H20N4O5/c14-17-15-1-2-20-3-4-21-5-6-22-13-7-11(9-18)16-12(8-13)10-19/h7-8,18-19H,1-6,9-10H2. The van der Waals surface area contributed by atoms with Crippen LogP contribution in [0.2, 0.25) is 0 Å². The highest BCUT2D eigenvalue weighted by Gasteiger charge is 2.02. The second kappa shape index (κ2) is 11.7. The van der Waals surface area contributed by atoms with Crippen LogP contribution in [0.1, 0.15) is 11.4 Å². The Morgan fingerprint density at radius 3 is 2.18 bits per heavy atom. The number of pyridine rings is 1. The van der Waals surface area contributed by atoms with Crippen LogP contribution in [0.4, 0.5) is 0 Å². The molecule has 0 bridgehead atoms. The van der Waals surface area contributed by atoms with Crippen LogP contribution in [0.15, 0.2) is 17.2 Å². The highest BCUT2D eigenvalue weighted by molar-refractivity contribution is 5.26. The van der Waals surface area contributed by atoms with E-state index in [0.29, 0.717) is 56.7 Å². The Bertz CT molecular complexity index is 457. The molecule has 9 nitrogen and oxygen atoms in total. The van der Waals surface area contributed by atoms with Gasteiger partial charge in [0, 0.05) is 23.6 Å². The van der Waals surface area contributed by atoms with Crippen LogP contribution in [0.5, 0.6) is 5.75 Å². The number of aliphatic hydroxyl groups is 2. The van der Waals surface area contributed by atoms with Gasteiger partial charge in [-0.1, -0.05) is 5.11 Å². The normalized spacial score (nSPS) is 10.3. The molecule has 0 saturated heterocycles. The van der Waals surface area contributed by atoms with Gasteiger partial charge in [0.15, 0.2) is 0 Å². The van der Waals surface area contributed by atoms with E-state index in [-0.39, 0.29) is 13.2 Å². The Morgan fingerprint density at radius 2 is 1.59 bits per heavy atom. The van der Waals surface area contributed by atoms with Crippen LogP contribution in [-0.2, 0) is 22.7 Å². The van der Waals surface area contributed by atoms with Crippen molar-refractivity contribution < 1.29 is 24.4 Å². The molecule has 0 aliphatic carbocycles. The smallest absolute Gasteiger partial charge is 0.123 e. The van der Waals surface area contributed by atoms with E-state index in [1.54, 1.807) is 12.1 Å². The summed E-state index contributed by atoms with van der Waals surface area (Å²) in [6, 6.07) is 3.22. The minimum atomic E-state index is -0.214. The molecule has 0 amide bonds. The number of aromatic nitrogens is 1. The molecule has 0 aromatic carbocycles. The molecular formula is C13H20N4O5. The number of hydrogen-bond acceptors (Lipinski definition) is 7. The number of nitrogens with zero attached hydrogens (tertiary/aromatic N) is 4. The molecule has 0 spiro atoms. The van der Waals surface area contributed by atoms with Crippen molar-refractivity contribution in [2.24, 2.45) is 5.11 Å². The minimum absolute atomic E-state index is 0.214. The molecule has 1 heterocycles. The molecule has 0 saturated carbocycles. The summed E-state index contributed by atoms with van der Waals surface area (Å²) in [5.41, 5.74) is 8.94. The van der Waals surface area contributed by atoms with E-state index in [1.165, 1.54) is 0 Å². The topological polar surface area (TPSA) is 130 Å². The lowest BCUT2D eigenvalue weighted by molar-refractivity contribution is 0.0387. The van der Waals surface area contributed by atoms with Gasteiger partial charge in [-0.05, 0) is 5.53 Å². The average molecular weight is 312 g/mol. The Hall–Kier alpha value is -1.90. The van der Waals surface area contributed by atoms with Gasteiger partial charge in [0.05, 0.1) is 51.0 Å². The van der Waals surface area contributed by atoms with Crippen LogP contribution in [0.25, 0.3) is 10.4 Å². The molecule has 0 radical (unpaired) electrons. The Balaban J connectivity index is 2.13. The van der Waals surface area contributed by atoms with Gasteiger partial charge in [-0.15, -0.1) is 0 Å². The molecule has 1 aromatic heterocycles. The van der Waals surface area contributed by atoms with Gasteiger partial charge in [-0.25, -0.2) is 0 Å². The molecule has 122 valence electrons. The molecule has 22 heavy (non-hydrogen) atoms. The quantitative estimate of drug-likeness (QED) is 0.254. The molecule has 2 N–H and O–H groups in total. The fourth-order valence-corrected chi connectivity index (χ4v) is 1.55. The zero-order valence-electron chi connectivity index (χ0n) is 12.2. The number of azide groups is 1. The summed E-state index contributed by atoms with van der Waals surface area (Å²) >= 11 is 0. The van der Waals surface area contributed by atoms with Crippen LogP contribution < -0.4 is 4.74 Å². The molecule has 0 atom stereocenters. The molecule has 0 unspecified atom stereocenters. The summed E-state index contributed by atoms with van der Waals surface area (Å²) in [5, 5.41) is 21.5. The summed E-state index contributed by atoms with van der Waals surface area (Å²) in [6.07, 6.45) is 0. The van der Waals surface area contributed by atoms with E-state index in [4.69, 9.17) is 30.0 Å². The molecule has 9 heteroatoms. The highest BCUT2D eigenvalue weighted by atomic mass is 16.5. The summed E-state index contributed by atoms with van der Waals surface area (Å²) in [5.74, 6) is 0.525. The Morgan fingerprint density at radius 1 is 1.00 bits per heavy atom. The van der Waals surface area contributed by atoms with Gasteiger partial charge < -0.3 is 24.4 Å². The average Bonchev–Trinajstić information content (AvgIpc) is 2.56. The second-order valence-electron chi connectivity index (χ2n) is 4.13. The van der Waals surface area contributed by atoms with Crippen LogP contribution >= 0.6 is 0 Å². The summed E-state index contributed by atoms with van der Waals surface area (Å²) in [4.78, 5) is 6.62. The first-order valence-corrected chi connectivity index (χ1v) is 6.81. The fraction of sp³-hybridized carbons (Fsp3) is 0.615. The number of aliphatic hydroxyl groups excluding tert-OH is 2. The van der Waals surface area contributed by atoms with Crippen LogP contribution in [0, 0.1) is 0 Å². The van der Waals surface area contributed by atoms with Crippen molar-refractivity contribution in [1.82, 2.24) is 4.98 Å². The lowest BCUT2D eigenvalue weighted by Crippen LogP contribution is -2.12. The van der Waals surface area contributed by atoms with E-state index in [9.17, 15) is 0 Å². The molecule has 1 rings (SSSR count). The maximum atomic E-state index is 9.06. The molecule has 0 fully saturated rings. The first-order chi connectivity index (χ1) is 10.8. The lowest BCUT2D eigenvalue weighted by atomic mass is 10.3. The third-order valence-electron chi connectivity index (χ3n) is 2.50. The van der Waals surface area contributed by atoms with Gasteiger partial charge in [0.1, 0.15) is 12.4 Å². The highest BCUT2D eigenvalue weighted by Crippen LogP contribution is 2.14. The van der Waals surface area contributed by atoms with Crippen molar-refractivity contribution in [2.45, 2.75) is 13.2 Å².